The minimum absolute atomic E-state index is 1.09. The van der Waals surface area contributed by atoms with Crippen molar-refractivity contribution in [1.29, 1.82) is 0 Å². The molecule has 0 bridgehead atoms. The van der Waals surface area contributed by atoms with Gasteiger partial charge in [0.25, 0.3) is 0 Å². The number of rotatable bonds is 2. The number of nitrogens with zero attached hydrogens (tertiary/aromatic N) is 1. The molecular weight excluding hydrogens is 122 g/mol. The Morgan fingerprint density at radius 3 is 3.00 bits per heavy atom. The molecule has 1 rings (SSSR count). The van der Waals surface area contributed by atoms with Gasteiger partial charge in [-0.15, -0.1) is 0 Å². The van der Waals surface area contributed by atoms with Gasteiger partial charge < -0.3 is 0 Å². The quantitative estimate of drug-likeness (QED) is 0.558. The van der Waals surface area contributed by atoms with Crippen LogP contribution in [0.25, 0.3) is 0 Å². The summed E-state index contributed by atoms with van der Waals surface area (Å²) in [5.74, 6) is 0. The summed E-state index contributed by atoms with van der Waals surface area (Å²) in [6.07, 6.45) is 7.84. The molecule has 10 heavy (non-hydrogen) atoms. The lowest BCUT2D eigenvalue weighted by atomic mass is 10.1. The molecule has 1 aliphatic rings. The topological polar surface area (TPSA) is 12.4 Å². The van der Waals surface area contributed by atoms with E-state index < -0.39 is 0 Å². The Labute approximate surface area is 63.5 Å². The Balaban J connectivity index is 2.31. The predicted molar refractivity (Wildman–Crippen MR) is 45.7 cm³/mol. The summed E-state index contributed by atoms with van der Waals surface area (Å²) in [6.45, 7) is 3.32. The van der Waals surface area contributed by atoms with E-state index in [9.17, 15) is 0 Å². The zero-order valence-corrected chi connectivity index (χ0v) is 6.90. The van der Waals surface area contributed by atoms with Crippen LogP contribution in [0, 0.1) is 0 Å². The molecule has 0 aliphatic carbocycles. The lowest BCUT2D eigenvalue weighted by Gasteiger charge is -1.98. The molecule has 0 N–H and O–H groups in total. The first-order valence-electron chi connectivity index (χ1n) is 4.45. The van der Waals surface area contributed by atoms with Crippen LogP contribution in [-0.4, -0.2) is 12.3 Å². The monoisotopic (exact) mass is 139 g/mol. The van der Waals surface area contributed by atoms with Crippen molar-refractivity contribution in [3.63, 3.8) is 0 Å². The average molecular weight is 139 g/mol. The van der Waals surface area contributed by atoms with Gasteiger partial charge in [-0.3, -0.25) is 4.99 Å². The van der Waals surface area contributed by atoms with Crippen molar-refractivity contribution in [3.05, 3.63) is 0 Å². The van der Waals surface area contributed by atoms with Crippen molar-refractivity contribution in [3.8, 4) is 0 Å². The van der Waals surface area contributed by atoms with Crippen molar-refractivity contribution in [1.82, 2.24) is 0 Å². The smallest absolute Gasteiger partial charge is 0.0388 e. The van der Waals surface area contributed by atoms with E-state index in [0.717, 1.165) is 6.54 Å². The molecular formula is C9H17N. The van der Waals surface area contributed by atoms with Crippen molar-refractivity contribution in [2.75, 3.05) is 6.54 Å². The van der Waals surface area contributed by atoms with Gasteiger partial charge >= 0.3 is 0 Å². The molecule has 1 heterocycles. The van der Waals surface area contributed by atoms with Crippen LogP contribution in [0.1, 0.15) is 45.4 Å². The van der Waals surface area contributed by atoms with E-state index in [2.05, 4.69) is 11.9 Å². The number of aliphatic imine (C=N–C) groups is 1. The van der Waals surface area contributed by atoms with Gasteiger partial charge in [0.1, 0.15) is 0 Å². The molecule has 0 fully saturated rings. The van der Waals surface area contributed by atoms with Crippen LogP contribution in [0.5, 0.6) is 0 Å². The maximum Gasteiger partial charge on any atom is 0.0388 e. The number of hydrogen-bond donors (Lipinski definition) is 0. The van der Waals surface area contributed by atoms with Crippen LogP contribution in [0.2, 0.25) is 0 Å². The highest BCUT2D eigenvalue weighted by Gasteiger charge is 2.01. The summed E-state index contributed by atoms with van der Waals surface area (Å²) in [7, 11) is 0. The van der Waals surface area contributed by atoms with Gasteiger partial charge in [0.15, 0.2) is 0 Å². The molecule has 1 heteroatoms. The van der Waals surface area contributed by atoms with Gasteiger partial charge in [-0.05, 0) is 25.7 Å². The summed E-state index contributed by atoms with van der Waals surface area (Å²) in [5.41, 5.74) is 1.47. The van der Waals surface area contributed by atoms with Gasteiger partial charge in [-0.25, -0.2) is 0 Å². The molecule has 0 saturated heterocycles. The Bertz CT molecular complexity index is 116. The highest BCUT2D eigenvalue weighted by molar-refractivity contribution is 5.84. The van der Waals surface area contributed by atoms with Crippen molar-refractivity contribution in [2.24, 2.45) is 4.99 Å². The molecule has 0 aromatic heterocycles. The lowest BCUT2D eigenvalue weighted by Crippen LogP contribution is -1.95. The first kappa shape index (κ1) is 7.77. The lowest BCUT2D eigenvalue weighted by molar-refractivity contribution is 0.730. The summed E-state index contributed by atoms with van der Waals surface area (Å²) in [4.78, 5) is 4.53. The predicted octanol–water partition coefficient (Wildman–Crippen LogP) is 2.80. The summed E-state index contributed by atoms with van der Waals surface area (Å²) >= 11 is 0. The molecule has 0 unspecified atom stereocenters. The number of hydrogen-bond acceptors (Lipinski definition) is 1. The van der Waals surface area contributed by atoms with E-state index in [1.54, 1.807) is 0 Å². The average Bonchev–Trinajstić information content (AvgIpc) is 2.17. The molecule has 0 radical (unpaired) electrons. The van der Waals surface area contributed by atoms with Crippen molar-refractivity contribution < 1.29 is 0 Å². The molecule has 58 valence electrons. The minimum atomic E-state index is 1.09. The molecule has 0 aromatic carbocycles. The van der Waals surface area contributed by atoms with Crippen LogP contribution in [0.15, 0.2) is 4.99 Å². The summed E-state index contributed by atoms with van der Waals surface area (Å²) < 4.78 is 0. The van der Waals surface area contributed by atoms with Gasteiger partial charge in [0.05, 0.1) is 0 Å². The fourth-order valence-corrected chi connectivity index (χ4v) is 1.43. The third-order valence-corrected chi connectivity index (χ3v) is 2.00. The molecule has 0 atom stereocenters. The fourth-order valence-electron chi connectivity index (χ4n) is 1.43. The maximum absolute atomic E-state index is 4.53. The largest absolute Gasteiger partial charge is 0.294 e. The molecule has 0 spiro atoms. The fraction of sp³-hybridized carbons (Fsp3) is 0.889. The third kappa shape index (κ3) is 2.51. The second-order valence-corrected chi connectivity index (χ2v) is 3.01. The van der Waals surface area contributed by atoms with Crippen LogP contribution < -0.4 is 0 Å². The van der Waals surface area contributed by atoms with Crippen LogP contribution in [0.4, 0.5) is 0 Å². The Hall–Kier alpha value is -0.330. The van der Waals surface area contributed by atoms with Crippen LogP contribution in [-0.2, 0) is 0 Å². The first-order valence-corrected chi connectivity index (χ1v) is 4.45. The molecule has 0 saturated carbocycles. The van der Waals surface area contributed by atoms with E-state index >= 15 is 0 Å². The molecule has 0 aromatic rings. The Morgan fingerprint density at radius 2 is 2.20 bits per heavy atom. The van der Waals surface area contributed by atoms with Crippen LogP contribution in [0.3, 0.4) is 0 Å². The third-order valence-electron chi connectivity index (χ3n) is 2.00. The second-order valence-electron chi connectivity index (χ2n) is 3.01. The van der Waals surface area contributed by atoms with Gasteiger partial charge in [-0.1, -0.05) is 19.8 Å². The first-order chi connectivity index (χ1) is 4.93. The Kier molecular flexibility index (Phi) is 3.48. The van der Waals surface area contributed by atoms with Crippen LogP contribution >= 0.6 is 0 Å². The SMILES string of the molecule is CCCC1=NCCCCC1. The highest BCUT2D eigenvalue weighted by Crippen LogP contribution is 2.10. The van der Waals surface area contributed by atoms with E-state index in [-0.39, 0.29) is 0 Å². The standard InChI is InChI=1S/C9H17N/c1-2-6-9-7-4-3-5-8-10-9/h2-8H2,1H3. The van der Waals surface area contributed by atoms with Crippen molar-refractivity contribution >= 4 is 5.71 Å². The Morgan fingerprint density at radius 1 is 1.30 bits per heavy atom. The highest BCUT2D eigenvalue weighted by atomic mass is 14.7. The summed E-state index contributed by atoms with van der Waals surface area (Å²) in [5, 5.41) is 0. The van der Waals surface area contributed by atoms with E-state index in [1.807, 2.05) is 0 Å². The van der Waals surface area contributed by atoms with E-state index in [4.69, 9.17) is 0 Å². The van der Waals surface area contributed by atoms with E-state index in [0.29, 0.717) is 0 Å². The normalized spacial score (nSPS) is 19.9. The van der Waals surface area contributed by atoms with Gasteiger partial charge in [-0.2, -0.15) is 0 Å². The van der Waals surface area contributed by atoms with Gasteiger partial charge in [0.2, 0.25) is 0 Å². The van der Waals surface area contributed by atoms with E-state index in [1.165, 1.54) is 44.2 Å². The zero-order chi connectivity index (χ0) is 7.23. The molecule has 0 amide bonds. The van der Waals surface area contributed by atoms with Crippen molar-refractivity contribution in [2.45, 2.75) is 45.4 Å². The molecule has 1 nitrogen and oxygen atoms in total. The zero-order valence-electron chi connectivity index (χ0n) is 6.90. The summed E-state index contributed by atoms with van der Waals surface area (Å²) in [6, 6.07) is 0. The minimum Gasteiger partial charge on any atom is -0.294 e. The second kappa shape index (κ2) is 4.48. The maximum atomic E-state index is 4.53. The molecule has 1 aliphatic heterocycles. The van der Waals surface area contributed by atoms with Gasteiger partial charge in [0, 0.05) is 12.3 Å².